The summed E-state index contributed by atoms with van der Waals surface area (Å²) in [5, 5.41) is 21.1. The van der Waals surface area contributed by atoms with Crippen molar-refractivity contribution in [3.63, 3.8) is 0 Å². The van der Waals surface area contributed by atoms with Crippen molar-refractivity contribution in [3.05, 3.63) is 0 Å². The molecule has 4 aliphatic rings. The van der Waals surface area contributed by atoms with Gasteiger partial charge in [0, 0.05) is 6.04 Å². The number of aliphatic hydroxyl groups is 2. The van der Waals surface area contributed by atoms with E-state index in [-0.39, 0.29) is 12.2 Å². The van der Waals surface area contributed by atoms with Crippen LogP contribution in [0.3, 0.4) is 0 Å². The van der Waals surface area contributed by atoms with Crippen molar-refractivity contribution in [2.45, 2.75) is 110 Å². The highest BCUT2D eigenvalue weighted by Crippen LogP contribution is 2.68. The Kier molecular flexibility index (Phi) is 5.69. The molecule has 0 aromatic carbocycles. The van der Waals surface area contributed by atoms with Crippen molar-refractivity contribution in [2.75, 3.05) is 0 Å². The predicted molar refractivity (Wildman–Crippen MR) is 115 cm³/mol. The fourth-order valence-electron chi connectivity index (χ4n) is 8.94. The van der Waals surface area contributed by atoms with Crippen LogP contribution in [0.5, 0.6) is 0 Å². The van der Waals surface area contributed by atoms with Crippen LogP contribution in [-0.2, 0) is 0 Å². The highest BCUT2D eigenvalue weighted by atomic mass is 16.3. The first-order chi connectivity index (χ1) is 13.2. The molecule has 4 N–H and O–H groups in total. The smallest absolute Gasteiger partial charge is 0.0577 e. The van der Waals surface area contributed by atoms with Crippen molar-refractivity contribution >= 4 is 0 Å². The van der Waals surface area contributed by atoms with Crippen LogP contribution in [0.15, 0.2) is 0 Å². The number of rotatable bonds is 4. The van der Waals surface area contributed by atoms with E-state index in [0.717, 1.165) is 31.6 Å². The molecule has 0 unspecified atom stereocenters. The molecule has 28 heavy (non-hydrogen) atoms. The fraction of sp³-hybridized carbons (Fsp3) is 1.00. The SMILES string of the molecule is C[C@H](O)CC[C@@H](C)[C@H]1CC[C@H]2[C@@H]3[C@H](O)C[C@H]4C[C@H](N)CC[C@]4(C)[C@H]3CC[C@]12C. The third kappa shape index (κ3) is 3.28. The summed E-state index contributed by atoms with van der Waals surface area (Å²) in [6, 6.07) is 0.348. The Morgan fingerprint density at radius 2 is 1.61 bits per heavy atom. The second-order valence-electron chi connectivity index (χ2n) is 12.0. The summed E-state index contributed by atoms with van der Waals surface area (Å²) in [4.78, 5) is 0. The molecule has 0 aromatic heterocycles. The highest BCUT2D eigenvalue weighted by Gasteiger charge is 2.62. The van der Waals surface area contributed by atoms with Gasteiger partial charge in [0.05, 0.1) is 12.2 Å². The Morgan fingerprint density at radius 3 is 2.32 bits per heavy atom. The second kappa shape index (κ2) is 7.54. The molecule has 3 heteroatoms. The van der Waals surface area contributed by atoms with E-state index in [9.17, 15) is 10.2 Å². The van der Waals surface area contributed by atoms with Crippen LogP contribution >= 0.6 is 0 Å². The van der Waals surface area contributed by atoms with Gasteiger partial charge in [-0.15, -0.1) is 0 Å². The quantitative estimate of drug-likeness (QED) is 0.648. The maximum Gasteiger partial charge on any atom is 0.0577 e. The van der Waals surface area contributed by atoms with E-state index < -0.39 is 0 Å². The molecule has 11 atom stereocenters. The lowest BCUT2D eigenvalue weighted by molar-refractivity contribution is -0.166. The van der Waals surface area contributed by atoms with Crippen LogP contribution in [-0.4, -0.2) is 28.5 Å². The molecule has 4 saturated carbocycles. The van der Waals surface area contributed by atoms with E-state index in [2.05, 4.69) is 20.8 Å². The van der Waals surface area contributed by atoms with E-state index in [0.29, 0.717) is 46.5 Å². The Hall–Kier alpha value is -0.120. The van der Waals surface area contributed by atoms with Crippen LogP contribution < -0.4 is 5.73 Å². The van der Waals surface area contributed by atoms with Crippen molar-refractivity contribution in [3.8, 4) is 0 Å². The van der Waals surface area contributed by atoms with Gasteiger partial charge in [-0.05, 0) is 117 Å². The minimum absolute atomic E-state index is 0.121. The standard InChI is InChI=1S/C25H45NO2/c1-15(5-6-16(2)27)19-7-8-20-23-21(10-12-25(19,20)4)24(3)11-9-18(26)13-17(24)14-22(23)28/h15-23,27-28H,5-14,26H2,1-4H3/t15-,16+,17-,18-,19-,20+,21+,22-,23+,24+,25-/m1/s1. The Balaban J connectivity index is 1.55. The van der Waals surface area contributed by atoms with E-state index in [1.165, 1.54) is 38.5 Å². The van der Waals surface area contributed by atoms with Crippen molar-refractivity contribution in [1.82, 2.24) is 0 Å². The number of hydrogen-bond acceptors (Lipinski definition) is 3. The van der Waals surface area contributed by atoms with Gasteiger partial charge in [0.1, 0.15) is 0 Å². The van der Waals surface area contributed by atoms with Crippen LogP contribution in [0.25, 0.3) is 0 Å². The van der Waals surface area contributed by atoms with Crippen LogP contribution in [0.1, 0.15) is 91.9 Å². The van der Waals surface area contributed by atoms with Gasteiger partial charge in [0.25, 0.3) is 0 Å². The Morgan fingerprint density at radius 1 is 0.929 bits per heavy atom. The van der Waals surface area contributed by atoms with Gasteiger partial charge in [0.15, 0.2) is 0 Å². The highest BCUT2D eigenvalue weighted by molar-refractivity contribution is 5.12. The summed E-state index contributed by atoms with van der Waals surface area (Å²) in [6.07, 6.45) is 11.6. The van der Waals surface area contributed by atoms with Crippen LogP contribution in [0, 0.1) is 46.3 Å². The summed E-state index contributed by atoms with van der Waals surface area (Å²) in [7, 11) is 0. The number of aliphatic hydroxyl groups excluding tert-OH is 2. The van der Waals surface area contributed by atoms with Gasteiger partial charge >= 0.3 is 0 Å². The van der Waals surface area contributed by atoms with Gasteiger partial charge in [0.2, 0.25) is 0 Å². The van der Waals surface area contributed by atoms with Crippen LogP contribution in [0.2, 0.25) is 0 Å². The van der Waals surface area contributed by atoms with E-state index >= 15 is 0 Å². The fourth-order valence-corrected chi connectivity index (χ4v) is 8.94. The molecule has 4 aliphatic carbocycles. The molecular weight excluding hydrogens is 346 g/mol. The molecule has 0 amide bonds. The van der Waals surface area contributed by atoms with Crippen molar-refractivity contribution < 1.29 is 10.2 Å². The normalized spacial score (nSPS) is 53.0. The second-order valence-corrected chi connectivity index (χ2v) is 12.0. The molecule has 4 rings (SSSR count). The van der Waals surface area contributed by atoms with Gasteiger partial charge in [-0.1, -0.05) is 20.8 Å². The van der Waals surface area contributed by atoms with Crippen molar-refractivity contribution in [2.24, 2.45) is 52.1 Å². The summed E-state index contributed by atoms with van der Waals surface area (Å²) in [5.74, 6) is 3.95. The average molecular weight is 392 g/mol. The molecule has 0 bridgehead atoms. The number of hydrogen-bond donors (Lipinski definition) is 3. The molecule has 0 saturated heterocycles. The summed E-state index contributed by atoms with van der Waals surface area (Å²) < 4.78 is 0. The summed E-state index contributed by atoms with van der Waals surface area (Å²) in [5.41, 5.74) is 7.11. The van der Waals surface area contributed by atoms with Gasteiger partial charge in [-0.2, -0.15) is 0 Å². The maximum absolute atomic E-state index is 11.3. The molecule has 0 aromatic rings. The first kappa shape index (κ1) is 21.1. The minimum atomic E-state index is -0.182. The van der Waals surface area contributed by atoms with Crippen molar-refractivity contribution in [1.29, 1.82) is 0 Å². The molecule has 0 spiro atoms. The Labute approximate surface area is 172 Å². The first-order valence-electron chi connectivity index (χ1n) is 12.3. The van der Waals surface area contributed by atoms with Crippen LogP contribution in [0.4, 0.5) is 0 Å². The molecular formula is C25H45NO2. The lowest BCUT2D eigenvalue weighted by Gasteiger charge is -2.62. The first-order valence-corrected chi connectivity index (χ1v) is 12.3. The lowest BCUT2D eigenvalue weighted by atomic mass is 9.43. The minimum Gasteiger partial charge on any atom is -0.393 e. The summed E-state index contributed by atoms with van der Waals surface area (Å²) >= 11 is 0. The lowest BCUT2D eigenvalue weighted by Crippen LogP contribution is -2.59. The maximum atomic E-state index is 11.3. The van der Waals surface area contributed by atoms with Gasteiger partial charge in [-0.25, -0.2) is 0 Å². The van der Waals surface area contributed by atoms with E-state index in [1.54, 1.807) is 0 Å². The van der Waals surface area contributed by atoms with E-state index in [4.69, 9.17) is 5.73 Å². The third-order valence-electron chi connectivity index (χ3n) is 10.5. The van der Waals surface area contributed by atoms with Gasteiger partial charge < -0.3 is 15.9 Å². The van der Waals surface area contributed by atoms with Gasteiger partial charge in [-0.3, -0.25) is 0 Å². The summed E-state index contributed by atoms with van der Waals surface area (Å²) in [6.45, 7) is 9.45. The molecule has 0 radical (unpaired) electrons. The topological polar surface area (TPSA) is 66.5 Å². The zero-order chi connectivity index (χ0) is 20.3. The molecule has 0 heterocycles. The molecule has 4 fully saturated rings. The molecule has 3 nitrogen and oxygen atoms in total. The zero-order valence-electron chi connectivity index (χ0n) is 18.7. The van der Waals surface area contributed by atoms with E-state index in [1.807, 2.05) is 6.92 Å². The largest absolute Gasteiger partial charge is 0.393 e. The third-order valence-corrected chi connectivity index (χ3v) is 10.5. The predicted octanol–water partition coefficient (Wildman–Crippen LogP) is 4.74. The molecule has 162 valence electrons. The monoisotopic (exact) mass is 391 g/mol. The average Bonchev–Trinajstić information content (AvgIpc) is 2.98. The number of nitrogens with two attached hydrogens (primary N) is 1. The molecule has 0 aliphatic heterocycles. The zero-order valence-corrected chi connectivity index (χ0v) is 18.7. The Bertz CT molecular complexity index is 565. The number of fused-ring (bicyclic) bond motifs is 5.